The predicted molar refractivity (Wildman–Crippen MR) is 93.2 cm³/mol. The first-order chi connectivity index (χ1) is 11.2. The summed E-state index contributed by atoms with van der Waals surface area (Å²) in [5, 5.41) is 0. The second-order valence-electron chi connectivity index (χ2n) is 7.14. The van der Waals surface area contributed by atoms with E-state index in [0.717, 1.165) is 24.4 Å². The molecule has 120 valence electrons. The fourth-order valence-corrected chi connectivity index (χ4v) is 4.58. The minimum absolute atomic E-state index is 0.209. The lowest BCUT2D eigenvalue weighted by Gasteiger charge is -2.28. The largest absolute Gasteiger partial charge is 0.337 e. The molecule has 1 unspecified atom stereocenters. The molecule has 1 atom stereocenters. The van der Waals surface area contributed by atoms with Crippen molar-refractivity contribution in [2.75, 3.05) is 13.1 Å². The molecule has 2 aliphatic heterocycles. The quantitative estimate of drug-likeness (QED) is 0.760. The average molecular weight is 308 g/mol. The van der Waals surface area contributed by atoms with Crippen molar-refractivity contribution >= 4 is 17.8 Å². The van der Waals surface area contributed by atoms with Crippen molar-refractivity contribution in [3.63, 3.8) is 0 Å². The van der Waals surface area contributed by atoms with Gasteiger partial charge in [0.1, 0.15) is 0 Å². The number of hydrogen-bond donors (Lipinski definition) is 0. The van der Waals surface area contributed by atoms with E-state index in [1.54, 1.807) is 0 Å². The van der Waals surface area contributed by atoms with Crippen molar-refractivity contribution in [1.82, 2.24) is 4.90 Å². The van der Waals surface area contributed by atoms with E-state index in [9.17, 15) is 4.79 Å². The molecule has 0 N–H and O–H groups in total. The molecule has 1 spiro atoms. The van der Waals surface area contributed by atoms with Gasteiger partial charge in [-0.05, 0) is 37.3 Å². The summed E-state index contributed by atoms with van der Waals surface area (Å²) in [4.78, 5) is 19.7. The number of fused-ring (bicyclic) bond motifs is 2. The summed E-state index contributed by atoms with van der Waals surface area (Å²) in [6.07, 6.45) is 10.5. The number of likely N-dealkylation sites (tertiary alicyclic amines) is 1. The molecular weight excluding hydrogens is 284 g/mol. The van der Waals surface area contributed by atoms with Gasteiger partial charge in [-0.15, -0.1) is 0 Å². The van der Waals surface area contributed by atoms with Gasteiger partial charge in [0, 0.05) is 24.9 Å². The lowest BCUT2D eigenvalue weighted by Crippen LogP contribution is -2.35. The number of aliphatic imine (C=N–C) groups is 1. The maximum Gasteiger partial charge on any atom is 0.250 e. The Morgan fingerprint density at radius 3 is 2.83 bits per heavy atom. The summed E-state index contributed by atoms with van der Waals surface area (Å²) in [7, 11) is 0. The Kier molecular flexibility index (Phi) is 3.59. The number of carbonyl (C=O) groups excluding carboxylic acids is 1. The minimum Gasteiger partial charge on any atom is -0.337 e. The molecule has 1 aliphatic carbocycles. The number of para-hydroxylation sites is 1. The summed E-state index contributed by atoms with van der Waals surface area (Å²) < 4.78 is 0. The Balaban J connectivity index is 1.65. The number of rotatable bonds is 2. The third-order valence-corrected chi connectivity index (χ3v) is 5.74. The minimum atomic E-state index is -0.322. The molecule has 1 aromatic carbocycles. The van der Waals surface area contributed by atoms with Crippen LogP contribution in [0.25, 0.3) is 0 Å². The number of nitrogens with zero attached hydrogens (tertiary/aromatic N) is 2. The summed E-state index contributed by atoms with van der Waals surface area (Å²) in [5.74, 6) is 0.885. The molecule has 3 aliphatic rings. The maximum atomic E-state index is 13.0. The first-order valence-corrected chi connectivity index (χ1v) is 8.85. The van der Waals surface area contributed by atoms with Crippen molar-refractivity contribution in [1.29, 1.82) is 0 Å². The number of hydrogen-bond acceptors (Lipinski definition) is 2. The summed E-state index contributed by atoms with van der Waals surface area (Å²) in [6, 6.07) is 8.24. The standard InChI is InChI=1S/C20H24N2O/c1-2-16-19(23)22(12-15-8-4-3-5-9-15)14-20(16)13-21-18-11-7-6-10-17(18)20/h2,6-7,10-11,13,15H,3-5,8-9,12,14H2,1H3/b16-2-. The molecule has 3 heteroatoms. The normalized spacial score (nSPS) is 29.0. The summed E-state index contributed by atoms with van der Waals surface area (Å²) in [5.41, 5.74) is 2.78. The molecule has 1 aromatic rings. The first-order valence-electron chi connectivity index (χ1n) is 8.85. The molecular formula is C20H24N2O. The van der Waals surface area contributed by atoms with Crippen LogP contribution in [0.5, 0.6) is 0 Å². The zero-order chi connectivity index (χ0) is 15.9. The molecule has 0 radical (unpaired) electrons. The van der Waals surface area contributed by atoms with E-state index in [-0.39, 0.29) is 11.3 Å². The van der Waals surface area contributed by atoms with E-state index >= 15 is 0 Å². The van der Waals surface area contributed by atoms with Crippen LogP contribution in [0.1, 0.15) is 44.6 Å². The third kappa shape index (κ3) is 2.25. The van der Waals surface area contributed by atoms with Gasteiger partial charge in [0.05, 0.1) is 11.1 Å². The average Bonchev–Trinajstić information content (AvgIpc) is 3.08. The molecule has 2 heterocycles. The van der Waals surface area contributed by atoms with E-state index in [1.165, 1.54) is 37.7 Å². The highest BCUT2D eigenvalue weighted by atomic mass is 16.2. The number of carbonyl (C=O) groups is 1. The molecule has 3 nitrogen and oxygen atoms in total. The number of allylic oxidation sites excluding steroid dienone is 1. The van der Waals surface area contributed by atoms with Crippen LogP contribution in [0.2, 0.25) is 0 Å². The summed E-state index contributed by atoms with van der Waals surface area (Å²) in [6.45, 7) is 3.64. The Morgan fingerprint density at radius 1 is 1.26 bits per heavy atom. The van der Waals surface area contributed by atoms with Gasteiger partial charge in [-0.3, -0.25) is 9.79 Å². The van der Waals surface area contributed by atoms with Crippen LogP contribution < -0.4 is 0 Å². The zero-order valence-electron chi connectivity index (χ0n) is 13.8. The Labute approximate surface area is 138 Å². The van der Waals surface area contributed by atoms with Gasteiger partial charge in [0.2, 0.25) is 0 Å². The SMILES string of the molecule is C/C=C1/C(=O)N(CC2CCCCC2)CC12C=Nc1ccccc12. The van der Waals surface area contributed by atoms with Gasteiger partial charge in [-0.2, -0.15) is 0 Å². The lowest BCUT2D eigenvalue weighted by atomic mass is 9.78. The molecule has 1 amide bonds. The van der Waals surface area contributed by atoms with Gasteiger partial charge >= 0.3 is 0 Å². The van der Waals surface area contributed by atoms with Crippen LogP contribution in [-0.4, -0.2) is 30.1 Å². The van der Waals surface area contributed by atoms with Crippen LogP contribution in [0, 0.1) is 5.92 Å². The Morgan fingerprint density at radius 2 is 2.04 bits per heavy atom. The van der Waals surface area contributed by atoms with E-state index in [4.69, 9.17) is 0 Å². The highest BCUT2D eigenvalue weighted by Gasteiger charge is 2.50. The second kappa shape index (κ2) is 5.63. The first kappa shape index (κ1) is 14.7. The van der Waals surface area contributed by atoms with Gasteiger partial charge in [-0.25, -0.2) is 0 Å². The highest BCUT2D eigenvalue weighted by Crippen LogP contribution is 2.46. The van der Waals surface area contributed by atoms with Crippen LogP contribution in [0.15, 0.2) is 40.9 Å². The highest BCUT2D eigenvalue weighted by molar-refractivity contribution is 6.08. The van der Waals surface area contributed by atoms with Crippen molar-refractivity contribution in [2.45, 2.75) is 44.4 Å². The fourth-order valence-electron chi connectivity index (χ4n) is 4.58. The van der Waals surface area contributed by atoms with Gasteiger partial charge < -0.3 is 4.90 Å². The molecule has 1 saturated carbocycles. The smallest absolute Gasteiger partial charge is 0.250 e. The van der Waals surface area contributed by atoms with Gasteiger partial charge in [0.25, 0.3) is 5.91 Å². The molecule has 1 saturated heterocycles. The van der Waals surface area contributed by atoms with Gasteiger partial charge in [0.15, 0.2) is 0 Å². The Hall–Kier alpha value is -1.90. The van der Waals surface area contributed by atoms with E-state index in [0.29, 0.717) is 5.92 Å². The van der Waals surface area contributed by atoms with E-state index in [1.807, 2.05) is 31.3 Å². The molecule has 4 rings (SSSR count). The van der Waals surface area contributed by atoms with Crippen molar-refractivity contribution in [2.24, 2.45) is 10.9 Å². The van der Waals surface area contributed by atoms with E-state index in [2.05, 4.69) is 22.0 Å². The van der Waals surface area contributed by atoms with Crippen molar-refractivity contribution in [3.05, 3.63) is 41.5 Å². The zero-order valence-corrected chi connectivity index (χ0v) is 13.8. The van der Waals surface area contributed by atoms with Crippen molar-refractivity contribution < 1.29 is 4.79 Å². The van der Waals surface area contributed by atoms with E-state index < -0.39 is 0 Å². The fraction of sp³-hybridized carbons (Fsp3) is 0.500. The van der Waals surface area contributed by atoms with Crippen LogP contribution >= 0.6 is 0 Å². The lowest BCUT2D eigenvalue weighted by molar-refractivity contribution is -0.125. The van der Waals surface area contributed by atoms with Crippen molar-refractivity contribution in [3.8, 4) is 0 Å². The van der Waals surface area contributed by atoms with Gasteiger partial charge in [-0.1, -0.05) is 43.5 Å². The topological polar surface area (TPSA) is 32.7 Å². The number of amides is 1. The maximum absolute atomic E-state index is 13.0. The molecule has 0 bridgehead atoms. The summed E-state index contributed by atoms with van der Waals surface area (Å²) >= 11 is 0. The second-order valence-corrected chi connectivity index (χ2v) is 7.14. The molecule has 0 aromatic heterocycles. The third-order valence-electron chi connectivity index (χ3n) is 5.74. The molecule has 2 fully saturated rings. The predicted octanol–water partition coefficient (Wildman–Crippen LogP) is 4.01. The monoisotopic (exact) mass is 308 g/mol. The van der Waals surface area contributed by atoms with Crippen LogP contribution in [0.3, 0.4) is 0 Å². The Bertz CT molecular complexity index is 685. The number of benzene rings is 1. The molecule has 23 heavy (non-hydrogen) atoms. The van der Waals surface area contributed by atoms with Crippen LogP contribution in [-0.2, 0) is 10.2 Å². The van der Waals surface area contributed by atoms with Crippen LogP contribution in [0.4, 0.5) is 5.69 Å².